The van der Waals surface area contributed by atoms with Gasteiger partial charge in [-0.05, 0) is 63.5 Å². The normalized spacial score (nSPS) is 20.6. The largest absolute Gasteiger partial charge is 0.453 e. The Balaban J connectivity index is 1.88. The molecule has 2 unspecified atom stereocenters. The van der Waals surface area contributed by atoms with Gasteiger partial charge in [0.25, 0.3) is 0 Å². The number of piperidine rings is 1. The van der Waals surface area contributed by atoms with Crippen molar-refractivity contribution in [3.63, 3.8) is 0 Å². The molecule has 5 nitrogen and oxygen atoms in total. The van der Waals surface area contributed by atoms with E-state index in [9.17, 15) is 4.79 Å². The Morgan fingerprint density at radius 3 is 2.62 bits per heavy atom. The summed E-state index contributed by atoms with van der Waals surface area (Å²) in [5.41, 5.74) is 1.81. The molecule has 0 radical (unpaired) electrons. The minimum atomic E-state index is -0.450. The van der Waals surface area contributed by atoms with Crippen LogP contribution in [0.1, 0.15) is 19.8 Å². The fourth-order valence-corrected chi connectivity index (χ4v) is 2.81. The predicted octanol–water partition coefficient (Wildman–Crippen LogP) is 3.01. The van der Waals surface area contributed by atoms with Crippen LogP contribution in [0.25, 0.3) is 0 Å². The van der Waals surface area contributed by atoms with Crippen LogP contribution in [0.5, 0.6) is 0 Å². The summed E-state index contributed by atoms with van der Waals surface area (Å²) in [5.74, 6) is 0.677. The fraction of sp³-hybridized carbons (Fsp3) is 0.562. The number of hydrogen-bond acceptors (Lipinski definition) is 4. The van der Waals surface area contributed by atoms with E-state index in [2.05, 4.69) is 34.2 Å². The second kappa shape index (κ2) is 7.31. The van der Waals surface area contributed by atoms with Crippen LogP contribution in [0.3, 0.4) is 0 Å². The van der Waals surface area contributed by atoms with Crippen molar-refractivity contribution in [2.75, 3.05) is 37.9 Å². The molecule has 0 bridgehead atoms. The van der Waals surface area contributed by atoms with Crippen LogP contribution in [0, 0.1) is 5.92 Å². The number of benzene rings is 1. The van der Waals surface area contributed by atoms with Crippen molar-refractivity contribution >= 4 is 17.5 Å². The van der Waals surface area contributed by atoms with Gasteiger partial charge in [-0.2, -0.15) is 0 Å². The van der Waals surface area contributed by atoms with Crippen molar-refractivity contribution in [3.8, 4) is 0 Å². The number of carbonyl (C=O) groups excluding carboxylic acids is 1. The molecule has 1 aliphatic rings. The summed E-state index contributed by atoms with van der Waals surface area (Å²) < 4.78 is 4.57. The van der Waals surface area contributed by atoms with Crippen LogP contribution < -0.4 is 10.6 Å². The maximum Gasteiger partial charge on any atom is 0.411 e. The molecule has 1 saturated heterocycles. The lowest BCUT2D eigenvalue weighted by Crippen LogP contribution is -2.39. The molecule has 2 atom stereocenters. The molecular weight excluding hydrogens is 266 g/mol. The summed E-state index contributed by atoms with van der Waals surface area (Å²) in [6.07, 6.45) is 2.10. The van der Waals surface area contributed by atoms with Gasteiger partial charge < -0.3 is 15.0 Å². The lowest BCUT2D eigenvalue weighted by atomic mass is 9.92. The molecule has 0 aromatic heterocycles. The Kier molecular flexibility index (Phi) is 5.44. The molecule has 1 heterocycles. The van der Waals surface area contributed by atoms with E-state index in [1.165, 1.54) is 26.5 Å². The highest BCUT2D eigenvalue weighted by Crippen LogP contribution is 2.22. The molecule has 2 N–H and O–H groups in total. The van der Waals surface area contributed by atoms with Gasteiger partial charge in [0.15, 0.2) is 0 Å². The number of methoxy groups -OCH3 is 1. The predicted molar refractivity (Wildman–Crippen MR) is 85.8 cm³/mol. The molecule has 0 aliphatic carbocycles. The molecule has 0 spiro atoms. The number of ether oxygens (including phenoxy) is 1. The molecule has 1 fully saturated rings. The average molecular weight is 291 g/mol. The van der Waals surface area contributed by atoms with Crippen LogP contribution in [0.2, 0.25) is 0 Å². The van der Waals surface area contributed by atoms with Gasteiger partial charge in [0, 0.05) is 24.0 Å². The number of nitrogens with zero attached hydrogens (tertiary/aromatic N) is 1. The van der Waals surface area contributed by atoms with Crippen molar-refractivity contribution < 1.29 is 9.53 Å². The Hall–Kier alpha value is -1.75. The lowest BCUT2D eigenvalue weighted by Gasteiger charge is -2.34. The van der Waals surface area contributed by atoms with Gasteiger partial charge in [-0.3, -0.25) is 5.32 Å². The average Bonchev–Trinajstić information content (AvgIpc) is 2.49. The van der Waals surface area contributed by atoms with Crippen molar-refractivity contribution in [1.29, 1.82) is 0 Å². The quantitative estimate of drug-likeness (QED) is 0.895. The van der Waals surface area contributed by atoms with E-state index in [0.717, 1.165) is 17.9 Å². The molecule has 1 aromatic carbocycles. The Bertz CT molecular complexity index is 461. The number of rotatable bonds is 4. The van der Waals surface area contributed by atoms with Gasteiger partial charge in [-0.1, -0.05) is 0 Å². The van der Waals surface area contributed by atoms with Crippen LogP contribution in [-0.2, 0) is 4.74 Å². The third-order valence-corrected chi connectivity index (χ3v) is 4.08. The first-order chi connectivity index (χ1) is 10.1. The van der Waals surface area contributed by atoms with E-state index < -0.39 is 6.09 Å². The van der Waals surface area contributed by atoms with E-state index in [-0.39, 0.29) is 0 Å². The van der Waals surface area contributed by atoms with E-state index in [0.29, 0.717) is 12.0 Å². The molecule has 2 rings (SSSR count). The topological polar surface area (TPSA) is 53.6 Å². The maximum atomic E-state index is 11.1. The number of carbonyl (C=O) groups is 1. The van der Waals surface area contributed by atoms with E-state index in [1.54, 1.807) is 0 Å². The number of nitrogens with one attached hydrogen (secondary N) is 2. The Morgan fingerprint density at radius 2 is 2.00 bits per heavy atom. The SMILES string of the molecule is COC(=O)Nc1ccc(NC(C)C2CCCN(C)C2)cc1. The zero-order valence-electron chi connectivity index (χ0n) is 13.1. The van der Waals surface area contributed by atoms with Crippen molar-refractivity contribution in [2.45, 2.75) is 25.8 Å². The summed E-state index contributed by atoms with van der Waals surface area (Å²) in [7, 11) is 3.54. The zero-order valence-corrected chi connectivity index (χ0v) is 13.1. The van der Waals surface area contributed by atoms with Crippen LogP contribution in [-0.4, -0.2) is 44.3 Å². The molecule has 1 aromatic rings. The molecular formula is C16H25N3O2. The summed E-state index contributed by atoms with van der Waals surface area (Å²) in [5, 5.41) is 6.20. The highest BCUT2D eigenvalue weighted by atomic mass is 16.5. The number of anilines is 2. The maximum absolute atomic E-state index is 11.1. The van der Waals surface area contributed by atoms with Crippen molar-refractivity contribution in [2.24, 2.45) is 5.92 Å². The van der Waals surface area contributed by atoms with Gasteiger partial charge in [0.1, 0.15) is 0 Å². The first kappa shape index (κ1) is 15.6. The van der Waals surface area contributed by atoms with Gasteiger partial charge in [-0.25, -0.2) is 4.79 Å². The molecule has 1 aliphatic heterocycles. The monoisotopic (exact) mass is 291 g/mol. The van der Waals surface area contributed by atoms with Crippen LogP contribution >= 0.6 is 0 Å². The van der Waals surface area contributed by atoms with E-state index in [4.69, 9.17) is 0 Å². The molecule has 5 heteroatoms. The summed E-state index contributed by atoms with van der Waals surface area (Å²) in [4.78, 5) is 13.5. The third kappa shape index (κ3) is 4.63. The second-order valence-corrected chi connectivity index (χ2v) is 5.79. The minimum absolute atomic E-state index is 0.437. The summed E-state index contributed by atoms with van der Waals surface area (Å²) in [6.45, 7) is 4.59. The van der Waals surface area contributed by atoms with Crippen LogP contribution in [0.15, 0.2) is 24.3 Å². The standard InChI is InChI=1S/C16H25N3O2/c1-12(13-5-4-10-19(2)11-13)17-14-6-8-15(9-7-14)18-16(20)21-3/h6-9,12-13,17H,4-5,10-11H2,1-3H3,(H,18,20). The van der Waals surface area contributed by atoms with Crippen molar-refractivity contribution in [1.82, 2.24) is 4.90 Å². The van der Waals surface area contributed by atoms with E-state index in [1.807, 2.05) is 24.3 Å². The smallest absolute Gasteiger partial charge is 0.411 e. The zero-order chi connectivity index (χ0) is 15.2. The Morgan fingerprint density at radius 1 is 1.33 bits per heavy atom. The number of likely N-dealkylation sites (tertiary alicyclic amines) is 1. The van der Waals surface area contributed by atoms with Gasteiger partial charge in [0.2, 0.25) is 0 Å². The molecule has 116 valence electrons. The molecule has 21 heavy (non-hydrogen) atoms. The summed E-state index contributed by atoms with van der Waals surface area (Å²) >= 11 is 0. The molecule has 0 saturated carbocycles. The van der Waals surface area contributed by atoms with E-state index >= 15 is 0 Å². The highest BCUT2D eigenvalue weighted by molar-refractivity contribution is 5.84. The lowest BCUT2D eigenvalue weighted by molar-refractivity contribution is 0.187. The third-order valence-electron chi connectivity index (χ3n) is 4.08. The Labute approximate surface area is 126 Å². The van der Waals surface area contributed by atoms with Crippen LogP contribution in [0.4, 0.5) is 16.2 Å². The first-order valence-corrected chi connectivity index (χ1v) is 7.48. The highest BCUT2D eigenvalue weighted by Gasteiger charge is 2.22. The van der Waals surface area contributed by atoms with Gasteiger partial charge in [-0.15, -0.1) is 0 Å². The number of amides is 1. The van der Waals surface area contributed by atoms with Crippen molar-refractivity contribution in [3.05, 3.63) is 24.3 Å². The minimum Gasteiger partial charge on any atom is -0.453 e. The number of hydrogen-bond donors (Lipinski definition) is 2. The van der Waals surface area contributed by atoms with Gasteiger partial charge >= 0.3 is 6.09 Å². The molecule has 1 amide bonds. The first-order valence-electron chi connectivity index (χ1n) is 7.48. The second-order valence-electron chi connectivity index (χ2n) is 5.79. The fourth-order valence-electron chi connectivity index (χ4n) is 2.81. The van der Waals surface area contributed by atoms with Gasteiger partial charge in [0.05, 0.1) is 7.11 Å². The summed E-state index contributed by atoms with van der Waals surface area (Å²) in [6, 6.07) is 8.15.